The Kier molecular flexibility index (Phi) is 12.2. The number of rotatable bonds is 12. The number of piperazine rings is 1. The topological polar surface area (TPSA) is 109 Å². The summed E-state index contributed by atoms with van der Waals surface area (Å²) in [6.07, 6.45) is 6.22. The normalized spacial score (nSPS) is 17.2. The number of anilines is 1. The van der Waals surface area contributed by atoms with E-state index in [-0.39, 0.29) is 23.2 Å². The molecule has 2 aliphatic rings. The van der Waals surface area contributed by atoms with Crippen molar-refractivity contribution < 1.29 is 23.8 Å². The van der Waals surface area contributed by atoms with Crippen LogP contribution < -0.4 is 30.3 Å². The molecule has 2 N–H and O–H groups in total. The number of methoxy groups -OCH3 is 3. The van der Waals surface area contributed by atoms with E-state index in [1.54, 1.807) is 33.5 Å². The summed E-state index contributed by atoms with van der Waals surface area (Å²) in [5.41, 5.74) is 4.37. The van der Waals surface area contributed by atoms with Gasteiger partial charge in [-0.2, -0.15) is 0 Å². The summed E-state index contributed by atoms with van der Waals surface area (Å²) < 4.78 is 17.3. The Morgan fingerprint density at radius 1 is 0.960 bits per heavy atom. The third-order valence-corrected chi connectivity index (χ3v) is 9.86. The maximum atomic E-state index is 14.1. The molecule has 0 radical (unpaired) electrons. The van der Waals surface area contributed by atoms with Crippen molar-refractivity contribution in [1.82, 2.24) is 15.1 Å². The van der Waals surface area contributed by atoms with E-state index in [2.05, 4.69) is 46.7 Å². The largest absolute Gasteiger partial charge is 0.493 e. The van der Waals surface area contributed by atoms with E-state index < -0.39 is 12.1 Å². The minimum atomic E-state index is -0.586. The number of ether oxygens (including phenoxy) is 3. The number of fused-ring (bicyclic) bond motifs is 3. The minimum Gasteiger partial charge on any atom is -0.493 e. The second-order valence-electron chi connectivity index (χ2n) is 13.0. The number of benzene rings is 2. The van der Waals surface area contributed by atoms with Crippen LogP contribution in [0, 0.1) is 5.92 Å². The van der Waals surface area contributed by atoms with Crippen molar-refractivity contribution in [2.24, 2.45) is 5.92 Å². The van der Waals surface area contributed by atoms with Crippen LogP contribution in [0.5, 0.6) is 17.2 Å². The van der Waals surface area contributed by atoms with Crippen LogP contribution >= 0.6 is 0 Å². The first-order valence-corrected chi connectivity index (χ1v) is 17.5. The lowest BCUT2D eigenvalue weighted by atomic mass is 9.95. The molecule has 0 saturated carbocycles. The molecule has 1 heterocycles. The highest BCUT2D eigenvalue weighted by molar-refractivity contribution is 5.86. The standard InChI is InChI=1S/C40H50N4O6/c1-7-26(2)37(40(47)44-22-20-43(21-23-44)19-11-14-28-12-9-8-10-13-28)42-33-18-16-30-31(25-34(33)46)32(41-27(3)45)17-15-29-24-35(48-4)38(49-5)39(50-6)36(29)30/h8-14,16,18,24-26,32,37H,7,15,17,19-23H2,1-6H3,(H,41,45)(H,42,46)/t26-,32+,37+/m1/s1. The van der Waals surface area contributed by atoms with Crippen LogP contribution in [0.4, 0.5) is 5.69 Å². The van der Waals surface area contributed by atoms with Crippen molar-refractivity contribution in [1.29, 1.82) is 0 Å². The summed E-state index contributed by atoms with van der Waals surface area (Å²) in [6.45, 7) is 9.18. The number of amides is 2. The first kappa shape index (κ1) is 36.5. The third-order valence-electron chi connectivity index (χ3n) is 9.86. The number of nitrogens with one attached hydrogen (secondary N) is 2. The summed E-state index contributed by atoms with van der Waals surface area (Å²) in [4.78, 5) is 44.7. The number of nitrogens with zero attached hydrogens (tertiary/aromatic N) is 2. The lowest BCUT2D eigenvalue weighted by Crippen LogP contribution is -2.54. The molecule has 0 bridgehead atoms. The molecule has 3 aromatic rings. The molecule has 1 saturated heterocycles. The lowest BCUT2D eigenvalue weighted by Gasteiger charge is -2.37. The van der Waals surface area contributed by atoms with Crippen LogP contribution in [0.2, 0.25) is 0 Å². The zero-order valence-corrected chi connectivity index (χ0v) is 30.1. The van der Waals surface area contributed by atoms with Gasteiger partial charge in [-0.05, 0) is 59.2 Å². The molecule has 0 spiro atoms. The van der Waals surface area contributed by atoms with Crippen LogP contribution in [0.15, 0.2) is 65.5 Å². The lowest BCUT2D eigenvalue weighted by molar-refractivity contribution is -0.134. The SMILES string of the molecule is CC[C@@H](C)[C@H](Nc1ccc2c(cc1=O)[C@@H](NC(C)=O)CCc1cc(OC)c(OC)c(OC)c1-2)C(=O)N1CCN(CC=Cc2ccccc2)CC1. The Morgan fingerprint density at radius 2 is 1.68 bits per heavy atom. The molecule has 50 heavy (non-hydrogen) atoms. The summed E-state index contributed by atoms with van der Waals surface area (Å²) in [7, 11) is 4.71. The average molecular weight is 683 g/mol. The quantitative estimate of drug-likeness (QED) is 0.256. The maximum Gasteiger partial charge on any atom is 0.245 e. The van der Waals surface area contributed by atoms with E-state index in [1.807, 2.05) is 42.2 Å². The predicted molar refractivity (Wildman–Crippen MR) is 198 cm³/mol. The molecular formula is C40H50N4O6. The van der Waals surface area contributed by atoms with E-state index in [4.69, 9.17) is 14.2 Å². The van der Waals surface area contributed by atoms with E-state index in [0.717, 1.165) is 42.7 Å². The van der Waals surface area contributed by atoms with E-state index in [0.29, 0.717) is 54.4 Å². The van der Waals surface area contributed by atoms with Gasteiger partial charge in [0.25, 0.3) is 0 Å². The fraction of sp³-hybridized carbons (Fsp3) is 0.425. The van der Waals surface area contributed by atoms with Crippen molar-refractivity contribution >= 4 is 23.6 Å². The molecule has 1 aliphatic carbocycles. The smallest absolute Gasteiger partial charge is 0.245 e. The number of hydrogen-bond acceptors (Lipinski definition) is 8. The molecular weight excluding hydrogens is 632 g/mol. The van der Waals surface area contributed by atoms with Gasteiger partial charge in [0.05, 0.1) is 33.1 Å². The van der Waals surface area contributed by atoms with Gasteiger partial charge in [0.1, 0.15) is 6.04 Å². The first-order chi connectivity index (χ1) is 24.2. The highest BCUT2D eigenvalue weighted by atomic mass is 16.5. The second-order valence-corrected chi connectivity index (χ2v) is 13.0. The summed E-state index contributed by atoms with van der Waals surface area (Å²) in [6, 6.07) is 16.4. The van der Waals surface area contributed by atoms with Crippen molar-refractivity contribution in [2.75, 3.05) is 59.4 Å². The van der Waals surface area contributed by atoms with Crippen LogP contribution in [-0.2, 0) is 16.0 Å². The molecule has 3 aromatic carbocycles. The zero-order chi connectivity index (χ0) is 35.8. The summed E-state index contributed by atoms with van der Waals surface area (Å²) in [5.74, 6) is 1.24. The van der Waals surface area contributed by atoms with E-state index >= 15 is 0 Å². The minimum absolute atomic E-state index is 0.00809. The van der Waals surface area contributed by atoms with Crippen LogP contribution in [-0.4, -0.2) is 81.7 Å². The number of carbonyl (C=O) groups excluding carboxylic acids is 2. The molecule has 2 amide bonds. The van der Waals surface area contributed by atoms with Gasteiger partial charge >= 0.3 is 0 Å². The zero-order valence-electron chi connectivity index (χ0n) is 30.1. The van der Waals surface area contributed by atoms with Gasteiger partial charge in [0.15, 0.2) is 11.5 Å². The summed E-state index contributed by atoms with van der Waals surface area (Å²) >= 11 is 0. The van der Waals surface area contributed by atoms with Gasteiger partial charge in [-0.1, -0.05) is 68.8 Å². The van der Waals surface area contributed by atoms with Gasteiger partial charge in [-0.15, -0.1) is 0 Å². The van der Waals surface area contributed by atoms with Crippen molar-refractivity contribution in [3.05, 3.63) is 87.6 Å². The van der Waals surface area contributed by atoms with Gasteiger partial charge in [-0.3, -0.25) is 19.3 Å². The number of hydrogen-bond donors (Lipinski definition) is 2. The number of aryl methyl sites for hydroxylation is 1. The highest BCUT2D eigenvalue weighted by Gasteiger charge is 2.32. The molecule has 0 aromatic heterocycles. The first-order valence-electron chi connectivity index (χ1n) is 17.5. The molecule has 3 atom stereocenters. The van der Waals surface area contributed by atoms with E-state index in [9.17, 15) is 14.4 Å². The summed E-state index contributed by atoms with van der Waals surface area (Å²) in [5, 5.41) is 6.43. The third kappa shape index (κ3) is 8.13. The van der Waals surface area contributed by atoms with Crippen LogP contribution in [0.25, 0.3) is 17.2 Å². The van der Waals surface area contributed by atoms with Gasteiger partial charge in [0, 0.05) is 45.2 Å². The number of carbonyl (C=O) groups is 2. The predicted octanol–water partition coefficient (Wildman–Crippen LogP) is 5.55. The van der Waals surface area contributed by atoms with Crippen molar-refractivity contribution in [2.45, 2.75) is 52.1 Å². The average Bonchev–Trinajstić information content (AvgIpc) is 3.37. The maximum absolute atomic E-state index is 14.1. The Bertz CT molecular complexity index is 1750. The highest BCUT2D eigenvalue weighted by Crippen LogP contribution is 2.50. The molecule has 10 heteroatoms. The molecule has 0 unspecified atom stereocenters. The van der Waals surface area contributed by atoms with Gasteiger partial charge < -0.3 is 29.7 Å². The Morgan fingerprint density at radius 3 is 2.32 bits per heavy atom. The molecule has 1 fully saturated rings. The van der Waals surface area contributed by atoms with Gasteiger partial charge in [-0.25, -0.2) is 0 Å². The Labute approximate surface area is 295 Å². The van der Waals surface area contributed by atoms with Gasteiger partial charge in [0.2, 0.25) is 23.0 Å². The van der Waals surface area contributed by atoms with E-state index in [1.165, 1.54) is 12.5 Å². The van der Waals surface area contributed by atoms with Crippen molar-refractivity contribution in [3.8, 4) is 28.4 Å². The fourth-order valence-electron chi connectivity index (χ4n) is 6.93. The molecule has 1 aliphatic heterocycles. The molecule has 266 valence electrons. The van der Waals surface area contributed by atoms with Crippen LogP contribution in [0.3, 0.4) is 0 Å². The fourth-order valence-corrected chi connectivity index (χ4v) is 6.93. The second kappa shape index (κ2) is 16.7. The van der Waals surface area contributed by atoms with Crippen LogP contribution in [0.1, 0.15) is 56.3 Å². The Hall–Kier alpha value is -4.83. The molecule has 10 nitrogen and oxygen atoms in total. The van der Waals surface area contributed by atoms with Crippen molar-refractivity contribution in [3.63, 3.8) is 0 Å². The Balaban J connectivity index is 1.44. The molecule has 5 rings (SSSR count). The monoisotopic (exact) mass is 682 g/mol.